The Morgan fingerprint density at radius 3 is 2.63 bits per heavy atom. The second-order valence-corrected chi connectivity index (χ2v) is 5.30. The molecule has 0 bridgehead atoms. The van der Waals surface area contributed by atoms with Crippen molar-refractivity contribution in [3.05, 3.63) is 35.1 Å². The number of hydrogen-bond donors (Lipinski definition) is 1. The van der Waals surface area contributed by atoms with E-state index < -0.39 is 11.8 Å². The van der Waals surface area contributed by atoms with Crippen LogP contribution in [0.1, 0.15) is 29.8 Å². The minimum atomic E-state index is -1.22. The zero-order valence-electron chi connectivity index (χ0n) is 11.4. The van der Waals surface area contributed by atoms with Crippen LogP contribution >= 0.6 is 11.8 Å². The molecule has 0 saturated heterocycles. The molecule has 0 fully saturated rings. The average molecular weight is 285 g/mol. The topological polar surface area (TPSA) is 40.5 Å². The van der Waals surface area contributed by atoms with Crippen LogP contribution in [0.4, 0.5) is 4.39 Å². The Labute approximate surface area is 117 Å². The largest absolute Gasteiger partial charge is 0.478 e. The van der Waals surface area contributed by atoms with Crippen LogP contribution in [0.3, 0.4) is 0 Å². The zero-order chi connectivity index (χ0) is 14.3. The van der Waals surface area contributed by atoms with E-state index in [4.69, 9.17) is 5.11 Å². The van der Waals surface area contributed by atoms with Gasteiger partial charge in [0.15, 0.2) is 0 Å². The normalized spacial score (nSPS) is 10.9. The molecule has 0 atom stereocenters. The maximum absolute atomic E-state index is 13.2. The average Bonchev–Trinajstić information content (AvgIpc) is 2.40. The molecule has 0 aliphatic heterocycles. The first-order valence-electron chi connectivity index (χ1n) is 6.40. The van der Waals surface area contributed by atoms with Crippen molar-refractivity contribution >= 4 is 17.7 Å². The third kappa shape index (κ3) is 5.20. The molecule has 0 aliphatic carbocycles. The van der Waals surface area contributed by atoms with Crippen LogP contribution in [0.25, 0.3) is 0 Å². The molecular formula is C14H20FNO2S. The van der Waals surface area contributed by atoms with Gasteiger partial charge in [0.2, 0.25) is 0 Å². The number of benzene rings is 1. The number of thioether (sulfide) groups is 1. The van der Waals surface area contributed by atoms with E-state index in [0.29, 0.717) is 5.75 Å². The van der Waals surface area contributed by atoms with Gasteiger partial charge in [-0.1, -0.05) is 19.9 Å². The summed E-state index contributed by atoms with van der Waals surface area (Å²) in [4.78, 5) is 13.2. The summed E-state index contributed by atoms with van der Waals surface area (Å²) in [7, 11) is 0. The van der Waals surface area contributed by atoms with Gasteiger partial charge in [-0.25, -0.2) is 9.18 Å². The summed E-state index contributed by atoms with van der Waals surface area (Å²) in [6, 6.07) is 4.29. The lowest BCUT2D eigenvalue weighted by molar-refractivity contribution is 0.0692. The van der Waals surface area contributed by atoms with Gasteiger partial charge in [0.25, 0.3) is 0 Å². The summed E-state index contributed by atoms with van der Waals surface area (Å²) >= 11 is 1.73. The number of halogens is 1. The molecule has 0 amide bonds. The number of rotatable bonds is 8. The molecule has 5 heteroatoms. The van der Waals surface area contributed by atoms with Crippen LogP contribution < -0.4 is 0 Å². The summed E-state index contributed by atoms with van der Waals surface area (Å²) in [5.41, 5.74) is 0.602. The van der Waals surface area contributed by atoms with E-state index in [0.717, 1.165) is 31.0 Å². The number of carbonyl (C=O) groups is 1. The van der Waals surface area contributed by atoms with Crippen LogP contribution in [0, 0.1) is 5.82 Å². The quantitative estimate of drug-likeness (QED) is 0.745. The van der Waals surface area contributed by atoms with Crippen molar-refractivity contribution < 1.29 is 14.3 Å². The van der Waals surface area contributed by atoms with Gasteiger partial charge in [-0.15, -0.1) is 0 Å². The Bertz CT molecular complexity index is 422. The van der Waals surface area contributed by atoms with Crippen LogP contribution in [0.15, 0.2) is 18.2 Å². The van der Waals surface area contributed by atoms with Crippen LogP contribution in [-0.2, 0) is 5.75 Å². The van der Waals surface area contributed by atoms with E-state index in [9.17, 15) is 9.18 Å². The van der Waals surface area contributed by atoms with Crippen LogP contribution in [0.5, 0.6) is 0 Å². The minimum Gasteiger partial charge on any atom is -0.478 e. The first-order valence-corrected chi connectivity index (χ1v) is 7.55. The first-order chi connectivity index (χ1) is 9.08. The maximum Gasteiger partial charge on any atom is 0.338 e. The van der Waals surface area contributed by atoms with Crippen molar-refractivity contribution in [3.63, 3.8) is 0 Å². The van der Waals surface area contributed by atoms with E-state index in [-0.39, 0.29) is 5.56 Å². The number of carboxylic acid groups (broad SMARTS) is 1. The molecule has 1 rings (SSSR count). The predicted octanol–water partition coefficient (Wildman–Crippen LogP) is 3.10. The number of aromatic carboxylic acids is 1. The fourth-order valence-corrected chi connectivity index (χ4v) is 2.70. The Morgan fingerprint density at radius 2 is 2.05 bits per heavy atom. The molecule has 1 N–H and O–H groups in total. The third-order valence-corrected chi connectivity index (χ3v) is 3.98. The maximum atomic E-state index is 13.2. The molecule has 106 valence electrons. The Kier molecular flexibility index (Phi) is 6.87. The van der Waals surface area contributed by atoms with Gasteiger partial charge in [-0.05, 0) is 30.8 Å². The van der Waals surface area contributed by atoms with E-state index in [1.165, 1.54) is 12.1 Å². The fourth-order valence-electron chi connectivity index (χ4n) is 1.75. The second-order valence-electron chi connectivity index (χ2n) is 4.20. The van der Waals surface area contributed by atoms with Crippen molar-refractivity contribution in [2.75, 3.05) is 25.4 Å². The van der Waals surface area contributed by atoms with E-state index in [1.807, 2.05) is 0 Å². The van der Waals surface area contributed by atoms with Gasteiger partial charge in [0.1, 0.15) is 5.82 Å². The van der Waals surface area contributed by atoms with Gasteiger partial charge in [-0.3, -0.25) is 0 Å². The van der Waals surface area contributed by atoms with E-state index in [1.54, 1.807) is 17.8 Å². The highest BCUT2D eigenvalue weighted by Gasteiger charge is 2.10. The lowest BCUT2D eigenvalue weighted by Crippen LogP contribution is -2.25. The number of carboxylic acids is 1. The third-order valence-electron chi connectivity index (χ3n) is 2.98. The standard InChI is InChI=1S/C14H20FNO2S/c1-3-16(4-2)7-8-19-10-11-5-6-13(15)12(9-11)14(17)18/h5-6,9H,3-4,7-8,10H2,1-2H3,(H,17,18). The summed E-state index contributed by atoms with van der Waals surface area (Å²) in [5.74, 6) is -0.194. The molecule has 1 aromatic carbocycles. The van der Waals surface area contributed by atoms with Gasteiger partial charge in [-0.2, -0.15) is 11.8 Å². The molecule has 0 aliphatic rings. The Morgan fingerprint density at radius 1 is 1.37 bits per heavy atom. The van der Waals surface area contributed by atoms with Crippen molar-refractivity contribution in [1.29, 1.82) is 0 Å². The first kappa shape index (κ1) is 16.0. The van der Waals surface area contributed by atoms with E-state index >= 15 is 0 Å². The molecule has 19 heavy (non-hydrogen) atoms. The van der Waals surface area contributed by atoms with E-state index in [2.05, 4.69) is 18.7 Å². The minimum absolute atomic E-state index is 0.248. The zero-order valence-corrected chi connectivity index (χ0v) is 12.2. The predicted molar refractivity (Wildman–Crippen MR) is 77.3 cm³/mol. The Hall–Kier alpha value is -1.07. The van der Waals surface area contributed by atoms with Crippen molar-refractivity contribution in [2.24, 2.45) is 0 Å². The molecule has 0 unspecified atom stereocenters. The smallest absolute Gasteiger partial charge is 0.338 e. The van der Waals surface area contributed by atoms with Crippen LogP contribution in [-0.4, -0.2) is 41.4 Å². The monoisotopic (exact) mass is 285 g/mol. The molecule has 0 radical (unpaired) electrons. The Balaban J connectivity index is 2.46. The highest BCUT2D eigenvalue weighted by Crippen LogP contribution is 2.16. The molecular weight excluding hydrogens is 265 g/mol. The summed E-state index contributed by atoms with van der Waals surface area (Å²) in [6.45, 7) is 7.36. The molecule has 0 spiro atoms. The molecule has 3 nitrogen and oxygen atoms in total. The SMILES string of the molecule is CCN(CC)CCSCc1ccc(F)c(C(=O)O)c1. The van der Waals surface area contributed by atoms with Gasteiger partial charge < -0.3 is 10.0 Å². The van der Waals surface area contributed by atoms with Crippen LogP contribution in [0.2, 0.25) is 0 Å². The molecule has 0 aromatic heterocycles. The fraction of sp³-hybridized carbons (Fsp3) is 0.500. The number of hydrogen-bond acceptors (Lipinski definition) is 3. The van der Waals surface area contributed by atoms with Gasteiger partial charge >= 0.3 is 5.97 Å². The highest BCUT2D eigenvalue weighted by atomic mass is 32.2. The lowest BCUT2D eigenvalue weighted by Gasteiger charge is -2.17. The second kappa shape index (κ2) is 8.17. The summed E-state index contributed by atoms with van der Waals surface area (Å²) in [6.07, 6.45) is 0. The van der Waals surface area contributed by atoms with Gasteiger partial charge in [0, 0.05) is 18.1 Å². The van der Waals surface area contributed by atoms with Crippen molar-refractivity contribution in [2.45, 2.75) is 19.6 Å². The number of nitrogens with zero attached hydrogens (tertiary/aromatic N) is 1. The molecule has 0 heterocycles. The van der Waals surface area contributed by atoms with Gasteiger partial charge in [0.05, 0.1) is 5.56 Å². The molecule has 0 saturated carbocycles. The lowest BCUT2D eigenvalue weighted by atomic mass is 10.1. The molecule has 1 aromatic rings. The van der Waals surface area contributed by atoms with Crippen molar-refractivity contribution in [1.82, 2.24) is 4.90 Å². The highest BCUT2D eigenvalue weighted by molar-refractivity contribution is 7.98. The summed E-state index contributed by atoms with van der Waals surface area (Å²) in [5, 5.41) is 8.84. The summed E-state index contributed by atoms with van der Waals surface area (Å²) < 4.78 is 13.2. The van der Waals surface area contributed by atoms with Crippen molar-refractivity contribution in [3.8, 4) is 0 Å².